The fourth-order valence-corrected chi connectivity index (χ4v) is 2.08. The van der Waals surface area contributed by atoms with E-state index in [0.29, 0.717) is 12.1 Å². The number of aliphatic hydroxyl groups excluding tert-OH is 2. The summed E-state index contributed by atoms with van der Waals surface area (Å²) in [5, 5.41) is 22.0. The lowest BCUT2D eigenvalue weighted by molar-refractivity contribution is -0.116. The maximum atomic E-state index is 11.7. The molecule has 1 amide bonds. The van der Waals surface area contributed by atoms with Gasteiger partial charge in [0.15, 0.2) is 0 Å². The maximum absolute atomic E-state index is 11.7. The number of nitrogens with zero attached hydrogens (tertiary/aromatic N) is 1. The molecule has 1 unspecified atom stereocenters. The molecule has 1 aromatic rings. The first-order valence-corrected chi connectivity index (χ1v) is 7.19. The minimum atomic E-state index is -0.691. The molecule has 22 heavy (non-hydrogen) atoms. The van der Waals surface area contributed by atoms with E-state index in [1.807, 2.05) is 18.2 Å². The van der Waals surface area contributed by atoms with Gasteiger partial charge in [0.05, 0.1) is 6.10 Å². The van der Waals surface area contributed by atoms with Gasteiger partial charge in [-0.25, -0.2) is 0 Å². The first-order valence-electron chi connectivity index (χ1n) is 7.19. The number of benzene rings is 1. The summed E-state index contributed by atoms with van der Waals surface area (Å²) in [6, 6.07) is 7.17. The van der Waals surface area contributed by atoms with Gasteiger partial charge in [0.2, 0.25) is 5.91 Å². The number of hydrogen-bond acceptors (Lipinski definition) is 5. The van der Waals surface area contributed by atoms with E-state index in [1.54, 1.807) is 35.4 Å². The van der Waals surface area contributed by atoms with Crippen molar-refractivity contribution in [1.82, 2.24) is 0 Å². The van der Waals surface area contributed by atoms with Crippen molar-refractivity contribution in [3.8, 4) is 0 Å². The van der Waals surface area contributed by atoms with Gasteiger partial charge >= 0.3 is 0 Å². The average Bonchev–Trinajstić information content (AvgIpc) is 2.54. The quantitative estimate of drug-likeness (QED) is 0.627. The number of anilines is 2. The van der Waals surface area contributed by atoms with Crippen LogP contribution in [0.25, 0.3) is 0 Å². The minimum absolute atomic E-state index is 0.155. The summed E-state index contributed by atoms with van der Waals surface area (Å²) < 4.78 is 0. The van der Waals surface area contributed by atoms with Crippen molar-refractivity contribution in [1.29, 1.82) is 0 Å². The molecule has 118 valence electrons. The summed E-state index contributed by atoms with van der Waals surface area (Å²) in [7, 11) is 0. The number of aliphatic hydroxyl groups is 2. The first-order chi connectivity index (χ1) is 10.6. The molecule has 0 fully saturated rings. The van der Waals surface area contributed by atoms with Crippen LogP contribution in [0, 0.1) is 0 Å². The SMILES string of the molecule is NC[C@H](O)CCC(=O)Nc1ccc(N2C=CC=CC2O)cc1. The molecule has 0 spiro atoms. The lowest BCUT2D eigenvalue weighted by atomic mass is 10.2. The van der Waals surface area contributed by atoms with Crippen LogP contribution in [-0.4, -0.2) is 35.0 Å². The molecule has 0 aliphatic carbocycles. The second kappa shape index (κ2) is 7.74. The highest BCUT2D eigenvalue weighted by Crippen LogP contribution is 2.22. The van der Waals surface area contributed by atoms with Crippen LogP contribution in [0.3, 0.4) is 0 Å². The molecule has 2 rings (SSSR count). The Kier molecular flexibility index (Phi) is 5.71. The molecule has 0 aromatic heterocycles. The summed E-state index contributed by atoms with van der Waals surface area (Å²) >= 11 is 0. The van der Waals surface area contributed by atoms with Crippen LogP contribution in [-0.2, 0) is 4.79 Å². The zero-order valence-corrected chi connectivity index (χ0v) is 12.2. The van der Waals surface area contributed by atoms with Crippen molar-refractivity contribution in [2.24, 2.45) is 5.73 Å². The Hall–Kier alpha value is -2.15. The number of allylic oxidation sites excluding steroid dienone is 2. The Labute approximate surface area is 129 Å². The summed E-state index contributed by atoms with van der Waals surface area (Å²) in [6.07, 6.45) is 6.31. The highest BCUT2D eigenvalue weighted by molar-refractivity contribution is 5.90. The third-order valence-electron chi connectivity index (χ3n) is 3.35. The van der Waals surface area contributed by atoms with E-state index in [9.17, 15) is 15.0 Å². The van der Waals surface area contributed by atoms with Crippen molar-refractivity contribution in [3.05, 3.63) is 48.7 Å². The number of hydrogen-bond donors (Lipinski definition) is 4. The Balaban J connectivity index is 1.90. The fraction of sp³-hybridized carbons (Fsp3) is 0.312. The first kappa shape index (κ1) is 16.2. The van der Waals surface area contributed by atoms with Gasteiger partial charge < -0.3 is 26.2 Å². The van der Waals surface area contributed by atoms with Gasteiger partial charge in [-0.2, -0.15) is 0 Å². The smallest absolute Gasteiger partial charge is 0.224 e. The zero-order valence-electron chi connectivity index (χ0n) is 12.2. The van der Waals surface area contributed by atoms with Gasteiger partial charge in [-0.05, 0) is 42.8 Å². The van der Waals surface area contributed by atoms with Gasteiger partial charge in [-0.3, -0.25) is 4.79 Å². The monoisotopic (exact) mass is 303 g/mol. The molecule has 6 nitrogen and oxygen atoms in total. The van der Waals surface area contributed by atoms with Crippen LogP contribution < -0.4 is 16.0 Å². The second-order valence-electron chi connectivity index (χ2n) is 5.07. The Bertz CT molecular complexity index is 554. The molecule has 0 radical (unpaired) electrons. The van der Waals surface area contributed by atoms with Crippen molar-refractivity contribution in [3.63, 3.8) is 0 Å². The minimum Gasteiger partial charge on any atom is -0.392 e. The molecule has 2 atom stereocenters. The number of carbonyl (C=O) groups excluding carboxylic acids is 1. The van der Waals surface area contributed by atoms with Gasteiger partial charge in [0.25, 0.3) is 0 Å². The van der Waals surface area contributed by atoms with Crippen LogP contribution in [0.5, 0.6) is 0 Å². The predicted octanol–water partition coefficient (Wildman–Crippen LogP) is 0.933. The topological polar surface area (TPSA) is 98.8 Å². The molecule has 1 heterocycles. The number of carbonyl (C=O) groups is 1. The molecule has 5 N–H and O–H groups in total. The van der Waals surface area contributed by atoms with E-state index < -0.39 is 12.3 Å². The van der Waals surface area contributed by atoms with Crippen LogP contribution >= 0.6 is 0 Å². The molecule has 0 saturated heterocycles. The van der Waals surface area contributed by atoms with E-state index in [4.69, 9.17) is 5.73 Å². The Morgan fingerprint density at radius 3 is 2.68 bits per heavy atom. The van der Waals surface area contributed by atoms with Crippen molar-refractivity contribution >= 4 is 17.3 Å². The second-order valence-corrected chi connectivity index (χ2v) is 5.07. The number of amides is 1. The summed E-state index contributed by atoms with van der Waals surface area (Å²) in [6.45, 7) is 0.155. The van der Waals surface area contributed by atoms with E-state index in [1.165, 1.54) is 0 Å². The van der Waals surface area contributed by atoms with E-state index in [2.05, 4.69) is 5.32 Å². The van der Waals surface area contributed by atoms with E-state index >= 15 is 0 Å². The lowest BCUT2D eigenvalue weighted by Crippen LogP contribution is -2.29. The van der Waals surface area contributed by atoms with E-state index in [0.717, 1.165) is 5.69 Å². The van der Waals surface area contributed by atoms with Crippen LogP contribution in [0.15, 0.2) is 48.7 Å². The molecule has 6 heteroatoms. The predicted molar refractivity (Wildman–Crippen MR) is 86.1 cm³/mol. The van der Waals surface area contributed by atoms with Gasteiger partial charge in [0.1, 0.15) is 6.23 Å². The highest BCUT2D eigenvalue weighted by Gasteiger charge is 2.13. The molecule has 1 aliphatic heterocycles. The fourth-order valence-electron chi connectivity index (χ4n) is 2.08. The van der Waals surface area contributed by atoms with Gasteiger partial charge in [-0.15, -0.1) is 0 Å². The summed E-state index contributed by atoms with van der Waals surface area (Å²) in [5.74, 6) is -0.166. The highest BCUT2D eigenvalue weighted by atomic mass is 16.3. The standard InChI is InChI=1S/C16H21N3O3/c17-11-14(20)8-9-15(21)18-12-4-6-13(7-5-12)19-10-2-1-3-16(19)22/h1-7,10,14,16,20,22H,8-9,11,17H2,(H,18,21)/t14-,16?/m1/s1. The average molecular weight is 303 g/mol. The van der Waals surface area contributed by atoms with Crippen molar-refractivity contribution in [2.75, 3.05) is 16.8 Å². The molecular weight excluding hydrogens is 282 g/mol. The summed E-state index contributed by atoms with van der Waals surface area (Å²) in [4.78, 5) is 13.4. The molecule has 0 bridgehead atoms. The zero-order chi connectivity index (χ0) is 15.9. The van der Waals surface area contributed by atoms with Crippen molar-refractivity contribution < 1.29 is 15.0 Å². The van der Waals surface area contributed by atoms with Crippen LogP contribution in [0.4, 0.5) is 11.4 Å². The Morgan fingerprint density at radius 1 is 1.32 bits per heavy atom. The third-order valence-corrected chi connectivity index (χ3v) is 3.35. The normalized spacial score (nSPS) is 18.3. The molecular formula is C16H21N3O3. The van der Waals surface area contributed by atoms with Crippen LogP contribution in [0.1, 0.15) is 12.8 Å². The van der Waals surface area contributed by atoms with E-state index in [-0.39, 0.29) is 18.9 Å². The van der Waals surface area contributed by atoms with Gasteiger partial charge in [0, 0.05) is 30.5 Å². The Morgan fingerprint density at radius 2 is 2.05 bits per heavy atom. The molecule has 0 saturated carbocycles. The van der Waals surface area contributed by atoms with Crippen molar-refractivity contribution in [2.45, 2.75) is 25.2 Å². The van der Waals surface area contributed by atoms with Crippen LogP contribution in [0.2, 0.25) is 0 Å². The summed E-state index contributed by atoms with van der Waals surface area (Å²) in [5.41, 5.74) is 6.78. The third kappa shape index (κ3) is 4.42. The lowest BCUT2D eigenvalue weighted by Gasteiger charge is -2.26. The number of nitrogens with one attached hydrogen (secondary N) is 1. The molecule has 1 aliphatic rings. The molecule has 1 aromatic carbocycles. The number of nitrogens with two attached hydrogens (primary N) is 1. The maximum Gasteiger partial charge on any atom is 0.224 e. The van der Waals surface area contributed by atoms with Gasteiger partial charge in [-0.1, -0.05) is 6.08 Å². The number of rotatable bonds is 6. The largest absolute Gasteiger partial charge is 0.392 e.